The van der Waals surface area contributed by atoms with E-state index < -0.39 is 0 Å². The number of amides is 1. The number of ether oxygens (including phenoxy) is 1. The molecule has 0 saturated carbocycles. The Morgan fingerprint density at radius 3 is 3.08 bits per heavy atom. The molecule has 2 N–H and O–H groups in total. The Hall–Kier alpha value is -2.05. The molecule has 2 aromatic rings. The zero-order chi connectivity index (χ0) is 16.1. The summed E-state index contributed by atoms with van der Waals surface area (Å²) >= 11 is 0. The van der Waals surface area contributed by atoms with Crippen LogP contribution in [0.5, 0.6) is 5.75 Å². The fourth-order valence-corrected chi connectivity index (χ4v) is 2.75. The van der Waals surface area contributed by atoms with E-state index in [4.69, 9.17) is 4.74 Å². The van der Waals surface area contributed by atoms with Crippen molar-refractivity contribution >= 4 is 24.0 Å². The molecule has 1 aromatic carbocycles. The Balaban J connectivity index is 0.00000208. The molecule has 24 heavy (non-hydrogen) atoms. The molecule has 1 atom stereocenters. The van der Waals surface area contributed by atoms with Crippen molar-refractivity contribution < 1.29 is 9.53 Å². The van der Waals surface area contributed by atoms with Crippen LogP contribution in [0.1, 0.15) is 36.3 Å². The van der Waals surface area contributed by atoms with Gasteiger partial charge in [0.25, 0.3) is 5.91 Å². The van der Waals surface area contributed by atoms with Crippen molar-refractivity contribution in [2.45, 2.75) is 25.8 Å². The maximum Gasteiger partial charge on any atom is 0.276 e. The van der Waals surface area contributed by atoms with E-state index in [1.54, 1.807) is 6.07 Å². The van der Waals surface area contributed by atoms with Gasteiger partial charge >= 0.3 is 0 Å². The summed E-state index contributed by atoms with van der Waals surface area (Å²) in [4.78, 5) is 12.3. The second kappa shape index (κ2) is 8.70. The number of nitrogens with zero attached hydrogens (tertiary/aromatic N) is 2. The third-order valence-corrected chi connectivity index (χ3v) is 3.89. The predicted octanol–water partition coefficient (Wildman–Crippen LogP) is 2.88. The lowest BCUT2D eigenvalue weighted by Gasteiger charge is -2.22. The van der Waals surface area contributed by atoms with E-state index in [9.17, 15) is 4.79 Å². The average molecular weight is 351 g/mol. The fraction of sp³-hybridized carbons (Fsp3) is 0.412. The molecule has 1 aliphatic rings. The van der Waals surface area contributed by atoms with Crippen LogP contribution in [0.3, 0.4) is 0 Å². The van der Waals surface area contributed by atoms with Gasteiger partial charge in [0.15, 0.2) is 5.69 Å². The number of rotatable bonds is 5. The van der Waals surface area contributed by atoms with Gasteiger partial charge < -0.3 is 15.4 Å². The highest BCUT2D eigenvalue weighted by Gasteiger charge is 2.17. The normalized spacial score (nSPS) is 17.0. The van der Waals surface area contributed by atoms with Crippen molar-refractivity contribution in [3.05, 3.63) is 42.2 Å². The molecule has 1 amide bonds. The van der Waals surface area contributed by atoms with E-state index in [0.29, 0.717) is 24.0 Å². The molecule has 130 valence electrons. The molecule has 1 saturated heterocycles. The van der Waals surface area contributed by atoms with E-state index >= 15 is 0 Å². The Morgan fingerprint density at radius 2 is 2.33 bits per heavy atom. The number of hydrogen-bond acceptors (Lipinski definition) is 4. The first-order valence-corrected chi connectivity index (χ1v) is 8.06. The maximum absolute atomic E-state index is 12.3. The Labute approximate surface area is 148 Å². The van der Waals surface area contributed by atoms with Gasteiger partial charge in [-0.15, -0.1) is 12.4 Å². The third kappa shape index (κ3) is 4.49. The van der Waals surface area contributed by atoms with Crippen LogP contribution < -0.4 is 15.4 Å². The van der Waals surface area contributed by atoms with Crippen LogP contribution in [-0.2, 0) is 0 Å². The maximum atomic E-state index is 12.3. The summed E-state index contributed by atoms with van der Waals surface area (Å²) in [5, 5.41) is 10.6. The average Bonchev–Trinajstić information content (AvgIpc) is 3.06. The minimum Gasteiger partial charge on any atom is -0.494 e. The highest BCUT2D eigenvalue weighted by atomic mass is 35.5. The quantitative estimate of drug-likeness (QED) is 0.870. The third-order valence-electron chi connectivity index (χ3n) is 3.89. The molecular formula is C17H23ClN4O2. The Kier molecular flexibility index (Phi) is 6.63. The Morgan fingerprint density at radius 1 is 1.46 bits per heavy atom. The number of hydrogen-bond donors (Lipinski definition) is 2. The molecule has 1 aromatic heterocycles. The van der Waals surface area contributed by atoms with Crippen molar-refractivity contribution in [3.8, 4) is 5.75 Å². The zero-order valence-corrected chi connectivity index (χ0v) is 14.5. The lowest BCUT2D eigenvalue weighted by atomic mass is 10.1. The number of nitrogens with one attached hydrogen (secondary N) is 2. The summed E-state index contributed by atoms with van der Waals surface area (Å²) in [6.45, 7) is 4.48. The van der Waals surface area contributed by atoms with Crippen molar-refractivity contribution in [3.63, 3.8) is 0 Å². The summed E-state index contributed by atoms with van der Waals surface area (Å²) in [6.07, 6.45) is 4.10. The summed E-state index contributed by atoms with van der Waals surface area (Å²) in [5.74, 6) is 0.533. The molecule has 1 aliphatic heterocycles. The highest BCUT2D eigenvalue weighted by Crippen LogP contribution is 2.19. The van der Waals surface area contributed by atoms with E-state index in [2.05, 4.69) is 15.7 Å². The van der Waals surface area contributed by atoms with Crippen molar-refractivity contribution in [2.75, 3.05) is 25.0 Å². The van der Waals surface area contributed by atoms with Gasteiger partial charge in [0.05, 0.1) is 12.6 Å². The van der Waals surface area contributed by atoms with Crippen LogP contribution in [-0.4, -0.2) is 35.4 Å². The van der Waals surface area contributed by atoms with Crippen molar-refractivity contribution in [1.82, 2.24) is 15.1 Å². The molecule has 0 aliphatic carbocycles. The van der Waals surface area contributed by atoms with Crippen LogP contribution >= 0.6 is 12.4 Å². The van der Waals surface area contributed by atoms with Crippen LogP contribution in [0.4, 0.5) is 5.69 Å². The van der Waals surface area contributed by atoms with E-state index in [1.807, 2.05) is 42.1 Å². The Bertz CT molecular complexity index is 668. The first-order valence-electron chi connectivity index (χ1n) is 8.06. The largest absolute Gasteiger partial charge is 0.494 e. The number of halogens is 1. The number of carbonyl (C=O) groups is 1. The molecule has 2 heterocycles. The number of piperidine rings is 1. The molecule has 0 spiro atoms. The molecule has 1 fully saturated rings. The zero-order valence-electron chi connectivity index (χ0n) is 13.7. The SMILES string of the molecule is CCOc1cccc(NC(=O)c2ccn(C3CCCNC3)n2)c1.Cl. The molecule has 3 rings (SSSR count). The first kappa shape index (κ1) is 18.3. The molecule has 6 nitrogen and oxygen atoms in total. The van der Waals surface area contributed by atoms with Crippen molar-refractivity contribution in [1.29, 1.82) is 0 Å². The van der Waals surface area contributed by atoms with Crippen molar-refractivity contribution in [2.24, 2.45) is 0 Å². The number of carbonyl (C=O) groups excluding carboxylic acids is 1. The minimum atomic E-state index is -0.207. The second-order valence-corrected chi connectivity index (χ2v) is 5.60. The molecular weight excluding hydrogens is 328 g/mol. The van der Waals surface area contributed by atoms with Gasteiger partial charge in [-0.25, -0.2) is 0 Å². The summed E-state index contributed by atoms with van der Waals surface area (Å²) in [7, 11) is 0. The fourth-order valence-electron chi connectivity index (χ4n) is 2.75. The van der Waals surface area contributed by atoms with Gasteiger partial charge in [-0.1, -0.05) is 6.07 Å². The minimum absolute atomic E-state index is 0. The lowest BCUT2D eigenvalue weighted by Crippen LogP contribution is -2.32. The van der Waals surface area contributed by atoms with Gasteiger partial charge in [0, 0.05) is 24.5 Å². The second-order valence-electron chi connectivity index (χ2n) is 5.60. The molecule has 7 heteroatoms. The summed E-state index contributed by atoms with van der Waals surface area (Å²) in [6, 6.07) is 9.45. The van der Waals surface area contributed by atoms with Gasteiger partial charge in [-0.3, -0.25) is 9.48 Å². The topological polar surface area (TPSA) is 68.2 Å². The lowest BCUT2D eigenvalue weighted by molar-refractivity contribution is 0.102. The van der Waals surface area contributed by atoms with Gasteiger partial charge in [-0.05, 0) is 44.5 Å². The van der Waals surface area contributed by atoms with Crippen LogP contribution in [0.15, 0.2) is 36.5 Å². The smallest absolute Gasteiger partial charge is 0.276 e. The van der Waals surface area contributed by atoms with E-state index in [1.165, 1.54) is 0 Å². The standard InChI is InChI=1S/C17H22N4O2.ClH/c1-2-23-15-7-3-5-13(11-15)19-17(22)16-8-10-21(20-16)14-6-4-9-18-12-14;/h3,5,7-8,10-11,14,18H,2,4,6,9,12H2,1H3,(H,19,22);1H. The van der Waals surface area contributed by atoms with E-state index in [0.717, 1.165) is 31.7 Å². The summed E-state index contributed by atoms with van der Waals surface area (Å²) < 4.78 is 7.33. The monoisotopic (exact) mass is 350 g/mol. The van der Waals surface area contributed by atoms with Gasteiger partial charge in [0.2, 0.25) is 0 Å². The number of anilines is 1. The predicted molar refractivity (Wildman–Crippen MR) is 96.2 cm³/mol. The number of aromatic nitrogens is 2. The first-order chi connectivity index (χ1) is 11.3. The van der Waals surface area contributed by atoms with Gasteiger partial charge in [0.1, 0.15) is 5.75 Å². The van der Waals surface area contributed by atoms with Gasteiger partial charge in [-0.2, -0.15) is 5.10 Å². The molecule has 1 unspecified atom stereocenters. The van der Waals surface area contributed by atoms with E-state index in [-0.39, 0.29) is 18.3 Å². The highest BCUT2D eigenvalue weighted by molar-refractivity contribution is 6.02. The van der Waals surface area contributed by atoms with Crippen LogP contribution in [0, 0.1) is 0 Å². The molecule has 0 radical (unpaired) electrons. The number of benzene rings is 1. The summed E-state index contributed by atoms with van der Waals surface area (Å²) in [5.41, 5.74) is 1.13. The molecule has 0 bridgehead atoms. The van der Waals surface area contributed by atoms with Crippen LogP contribution in [0.25, 0.3) is 0 Å². The van der Waals surface area contributed by atoms with Crippen LogP contribution in [0.2, 0.25) is 0 Å².